The van der Waals surface area contributed by atoms with Gasteiger partial charge >= 0.3 is 6.18 Å². The van der Waals surface area contributed by atoms with Crippen LogP contribution in [0.3, 0.4) is 0 Å². The maximum Gasteiger partial charge on any atom is 0.397 e. The van der Waals surface area contributed by atoms with Crippen LogP contribution in [-0.2, 0) is 4.79 Å². The molecule has 0 bridgehead atoms. The van der Waals surface area contributed by atoms with Crippen LogP contribution in [0.25, 0.3) is 0 Å². The van der Waals surface area contributed by atoms with Crippen molar-refractivity contribution in [3.8, 4) is 0 Å². The SMILES string of the molecule is O=C(CC(F)(F)F)Nc1cccc(/C=N\O)c1Cl. The lowest BCUT2D eigenvalue weighted by atomic mass is 10.2. The summed E-state index contributed by atoms with van der Waals surface area (Å²) < 4.78 is 35.9. The normalized spacial score (nSPS) is 11.8. The highest BCUT2D eigenvalue weighted by Crippen LogP contribution is 2.26. The Morgan fingerprint density at radius 3 is 2.72 bits per heavy atom. The molecule has 18 heavy (non-hydrogen) atoms. The fourth-order valence-electron chi connectivity index (χ4n) is 1.18. The van der Waals surface area contributed by atoms with E-state index in [1.807, 2.05) is 5.32 Å². The number of nitrogens with one attached hydrogen (secondary N) is 1. The highest BCUT2D eigenvalue weighted by Gasteiger charge is 2.31. The van der Waals surface area contributed by atoms with Gasteiger partial charge in [-0.05, 0) is 6.07 Å². The number of benzene rings is 1. The summed E-state index contributed by atoms with van der Waals surface area (Å²) in [6, 6.07) is 4.26. The van der Waals surface area contributed by atoms with Gasteiger partial charge < -0.3 is 10.5 Å². The lowest BCUT2D eigenvalue weighted by Crippen LogP contribution is -2.21. The number of oxime groups is 1. The summed E-state index contributed by atoms with van der Waals surface area (Å²) in [6.07, 6.45) is -5.18. The lowest BCUT2D eigenvalue weighted by molar-refractivity contribution is -0.150. The third-order valence-corrected chi connectivity index (χ3v) is 2.28. The molecular formula is C10H8ClF3N2O2. The first-order chi connectivity index (χ1) is 8.33. The number of anilines is 1. The van der Waals surface area contributed by atoms with E-state index >= 15 is 0 Å². The van der Waals surface area contributed by atoms with Crippen LogP contribution in [0.5, 0.6) is 0 Å². The van der Waals surface area contributed by atoms with Crippen LogP contribution >= 0.6 is 11.6 Å². The molecule has 4 nitrogen and oxygen atoms in total. The molecule has 98 valence electrons. The van der Waals surface area contributed by atoms with Crippen molar-refractivity contribution in [2.24, 2.45) is 5.16 Å². The molecule has 0 aromatic heterocycles. The smallest absolute Gasteiger partial charge is 0.397 e. The van der Waals surface area contributed by atoms with Gasteiger partial charge in [-0.2, -0.15) is 13.2 Å². The molecule has 0 radical (unpaired) electrons. The molecule has 0 saturated carbocycles. The van der Waals surface area contributed by atoms with Crippen LogP contribution in [0, 0.1) is 0 Å². The number of hydrogen-bond donors (Lipinski definition) is 2. The number of halogens is 4. The summed E-state index contributed by atoms with van der Waals surface area (Å²) in [6.45, 7) is 0. The van der Waals surface area contributed by atoms with Gasteiger partial charge in [-0.1, -0.05) is 28.9 Å². The molecule has 2 N–H and O–H groups in total. The molecule has 1 rings (SSSR count). The molecule has 0 atom stereocenters. The van der Waals surface area contributed by atoms with E-state index in [4.69, 9.17) is 16.8 Å². The first-order valence-corrected chi connectivity index (χ1v) is 5.04. The van der Waals surface area contributed by atoms with Gasteiger partial charge in [-0.15, -0.1) is 0 Å². The van der Waals surface area contributed by atoms with Crippen LogP contribution in [0.2, 0.25) is 5.02 Å². The minimum atomic E-state index is -4.58. The molecule has 0 spiro atoms. The highest BCUT2D eigenvalue weighted by atomic mass is 35.5. The average molecular weight is 281 g/mol. The van der Waals surface area contributed by atoms with Gasteiger partial charge in [0, 0.05) is 5.56 Å². The Labute approximate surface area is 105 Å². The van der Waals surface area contributed by atoms with Gasteiger partial charge in [0.15, 0.2) is 0 Å². The summed E-state index contributed by atoms with van der Waals surface area (Å²) in [4.78, 5) is 11.1. The van der Waals surface area contributed by atoms with Crippen molar-refractivity contribution in [2.45, 2.75) is 12.6 Å². The van der Waals surface area contributed by atoms with Gasteiger partial charge in [-0.25, -0.2) is 0 Å². The van der Waals surface area contributed by atoms with E-state index in [9.17, 15) is 18.0 Å². The minimum Gasteiger partial charge on any atom is -0.411 e. The zero-order chi connectivity index (χ0) is 13.8. The first-order valence-electron chi connectivity index (χ1n) is 4.66. The molecule has 0 aliphatic heterocycles. The Balaban J connectivity index is 2.85. The van der Waals surface area contributed by atoms with E-state index in [2.05, 4.69) is 5.16 Å². The van der Waals surface area contributed by atoms with Gasteiger partial charge in [0.1, 0.15) is 6.42 Å². The Morgan fingerprint density at radius 2 is 2.17 bits per heavy atom. The van der Waals surface area contributed by atoms with Crippen LogP contribution < -0.4 is 5.32 Å². The molecule has 0 saturated heterocycles. The maximum absolute atomic E-state index is 12.0. The summed E-state index contributed by atoms with van der Waals surface area (Å²) in [5, 5.41) is 13.1. The van der Waals surface area contributed by atoms with E-state index in [0.717, 1.165) is 6.21 Å². The monoisotopic (exact) mass is 280 g/mol. The molecule has 1 amide bonds. The Bertz CT molecular complexity index is 475. The molecule has 0 aliphatic rings. The molecular weight excluding hydrogens is 273 g/mol. The number of alkyl halides is 3. The Morgan fingerprint density at radius 1 is 1.50 bits per heavy atom. The molecule has 0 aliphatic carbocycles. The standard InChI is InChI=1S/C10H8ClF3N2O2/c11-9-6(5-15-18)2-1-3-7(9)16-8(17)4-10(12,13)14/h1-3,5,18H,4H2,(H,16,17)/b15-5-. The van der Waals surface area contributed by atoms with Crippen LogP contribution in [0.1, 0.15) is 12.0 Å². The number of carbonyl (C=O) groups is 1. The summed E-state index contributed by atoms with van der Waals surface area (Å²) in [5.41, 5.74) is 0.285. The van der Waals surface area contributed by atoms with Crippen molar-refractivity contribution >= 4 is 29.4 Å². The van der Waals surface area contributed by atoms with Crippen LogP contribution in [0.15, 0.2) is 23.4 Å². The van der Waals surface area contributed by atoms with Crippen molar-refractivity contribution in [3.63, 3.8) is 0 Å². The zero-order valence-electron chi connectivity index (χ0n) is 8.83. The van der Waals surface area contributed by atoms with Crippen LogP contribution in [-0.4, -0.2) is 23.5 Å². The molecule has 8 heteroatoms. The van der Waals surface area contributed by atoms with Gasteiger partial charge in [-0.3, -0.25) is 4.79 Å². The summed E-state index contributed by atoms with van der Waals surface area (Å²) in [7, 11) is 0. The minimum absolute atomic E-state index is 0.00850. The first kappa shape index (κ1) is 14.3. The quantitative estimate of drug-likeness (QED) is 0.508. The molecule has 1 aromatic rings. The van der Waals surface area contributed by atoms with Crippen molar-refractivity contribution in [3.05, 3.63) is 28.8 Å². The van der Waals surface area contributed by atoms with E-state index in [1.54, 1.807) is 0 Å². The average Bonchev–Trinajstić information content (AvgIpc) is 2.21. The molecule has 0 fully saturated rings. The summed E-state index contributed by atoms with van der Waals surface area (Å²) >= 11 is 5.80. The number of nitrogens with zero attached hydrogens (tertiary/aromatic N) is 1. The van der Waals surface area contributed by atoms with Gasteiger partial charge in [0.05, 0.1) is 16.9 Å². The zero-order valence-corrected chi connectivity index (χ0v) is 9.59. The highest BCUT2D eigenvalue weighted by molar-refractivity contribution is 6.36. The van der Waals surface area contributed by atoms with Crippen molar-refractivity contribution in [1.29, 1.82) is 0 Å². The second-order valence-electron chi connectivity index (χ2n) is 3.29. The van der Waals surface area contributed by atoms with Crippen LogP contribution in [0.4, 0.5) is 18.9 Å². The second-order valence-corrected chi connectivity index (χ2v) is 3.67. The molecule has 1 aromatic carbocycles. The number of rotatable bonds is 3. The predicted octanol–water partition coefficient (Wildman–Crippen LogP) is 3.04. The third kappa shape index (κ3) is 4.25. The van der Waals surface area contributed by atoms with Crippen molar-refractivity contribution in [2.75, 3.05) is 5.32 Å². The number of hydrogen-bond acceptors (Lipinski definition) is 3. The summed E-state index contributed by atoms with van der Waals surface area (Å²) in [5.74, 6) is -1.22. The fraction of sp³-hybridized carbons (Fsp3) is 0.200. The third-order valence-electron chi connectivity index (χ3n) is 1.86. The fourth-order valence-corrected chi connectivity index (χ4v) is 1.41. The number of amides is 1. The topological polar surface area (TPSA) is 61.7 Å². The second kappa shape index (κ2) is 5.72. The maximum atomic E-state index is 12.0. The Kier molecular flexibility index (Phi) is 4.55. The van der Waals surface area contributed by atoms with E-state index in [1.165, 1.54) is 18.2 Å². The number of carbonyl (C=O) groups excluding carboxylic acids is 1. The van der Waals surface area contributed by atoms with E-state index in [-0.39, 0.29) is 16.3 Å². The van der Waals surface area contributed by atoms with Gasteiger partial charge in [0.25, 0.3) is 0 Å². The lowest BCUT2D eigenvalue weighted by Gasteiger charge is -2.10. The largest absolute Gasteiger partial charge is 0.411 e. The van der Waals surface area contributed by atoms with Gasteiger partial charge in [0.2, 0.25) is 5.91 Å². The van der Waals surface area contributed by atoms with E-state index in [0.29, 0.717) is 0 Å². The molecule has 0 unspecified atom stereocenters. The molecule has 0 heterocycles. The van der Waals surface area contributed by atoms with Crippen molar-refractivity contribution < 1.29 is 23.2 Å². The predicted molar refractivity (Wildman–Crippen MR) is 60.1 cm³/mol. The van der Waals surface area contributed by atoms with Crippen molar-refractivity contribution in [1.82, 2.24) is 0 Å². The Hall–Kier alpha value is -1.76. The van der Waals surface area contributed by atoms with E-state index < -0.39 is 18.5 Å².